The van der Waals surface area contributed by atoms with E-state index in [1.165, 1.54) is 4.90 Å². The Morgan fingerprint density at radius 2 is 1.68 bits per heavy atom. The standard InChI is InChI=1S/C23H18BrNO3/c24-21-20(17-11-5-2-6-12-17)23(14-8-7-13-19(23)27)25(22(21)28)15-18(26)16-9-3-1-4-10-16/h1-14,19,27H,15H2/t19-,23+/m1/s1. The molecule has 0 radical (unpaired) electrons. The second-order valence-electron chi connectivity index (χ2n) is 6.75. The topological polar surface area (TPSA) is 57.6 Å². The summed E-state index contributed by atoms with van der Waals surface area (Å²) in [6.07, 6.45) is 6.00. The Bertz CT molecular complexity index is 1010. The van der Waals surface area contributed by atoms with Gasteiger partial charge in [0.05, 0.1) is 11.0 Å². The SMILES string of the molecule is O=C(CN1C(=O)C(Br)=C(c2ccccc2)[C@@]12C=CC=C[C@H]2O)c1ccccc1. The molecule has 2 aromatic carbocycles. The average molecular weight is 436 g/mol. The maximum Gasteiger partial charge on any atom is 0.262 e. The van der Waals surface area contributed by atoms with Crippen molar-refractivity contribution in [1.82, 2.24) is 4.90 Å². The number of carbonyl (C=O) groups excluding carboxylic acids is 2. The highest BCUT2D eigenvalue weighted by Gasteiger charge is 2.54. The summed E-state index contributed by atoms with van der Waals surface area (Å²) in [5.41, 5.74) is 0.860. The van der Waals surface area contributed by atoms with E-state index in [2.05, 4.69) is 15.9 Å². The second kappa shape index (κ2) is 7.34. The Morgan fingerprint density at radius 1 is 1.04 bits per heavy atom. The number of hydrogen-bond acceptors (Lipinski definition) is 3. The van der Waals surface area contributed by atoms with E-state index < -0.39 is 11.6 Å². The van der Waals surface area contributed by atoms with Gasteiger partial charge in [0.25, 0.3) is 5.91 Å². The molecule has 0 saturated heterocycles. The zero-order valence-corrected chi connectivity index (χ0v) is 16.5. The molecule has 0 saturated carbocycles. The quantitative estimate of drug-likeness (QED) is 0.744. The van der Waals surface area contributed by atoms with Crippen molar-refractivity contribution < 1.29 is 14.7 Å². The number of aliphatic hydroxyl groups is 1. The smallest absolute Gasteiger partial charge is 0.262 e. The minimum atomic E-state index is -1.14. The lowest BCUT2D eigenvalue weighted by atomic mass is 9.78. The number of allylic oxidation sites excluding steroid dienone is 2. The van der Waals surface area contributed by atoms with Crippen molar-refractivity contribution in [1.29, 1.82) is 0 Å². The molecule has 2 atom stereocenters. The van der Waals surface area contributed by atoms with Gasteiger partial charge >= 0.3 is 0 Å². The molecule has 4 nitrogen and oxygen atoms in total. The maximum atomic E-state index is 13.2. The van der Waals surface area contributed by atoms with E-state index >= 15 is 0 Å². The molecule has 0 aromatic heterocycles. The molecule has 2 aromatic rings. The van der Waals surface area contributed by atoms with Crippen molar-refractivity contribution in [3.8, 4) is 0 Å². The van der Waals surface area contributed by atoms with Gasteiger partial charge in [-0.1, -0.05) is 85.0 Å². The Morgan fingerprint density at radius 3 is 2.32 bits per heavy atom. The van der Waals surface area contributed by atoms with Crippen LogP contribution in [0.3, 0.4) is 0 Å². The third-order valence-electron chi connectivity index (χ3n) is 5.17. The molecule has 1 aliphatic carbocycles. The van der Waals surface area contributed by atoms with Gasteiger partial charge in [-0.2, -0.15) is 0 Å². The highest BCUT2D eigenvalue weighted by Crippen LogP contribution is 2.48. The first-order chi connectivity index (χ1) is 13.6. The van der Waals surface area contributed by atoms with Crippen LogP contribution in [0.4, 0.5) is 0 Å². The van der Waals surface area contributed by atoms with Crippen LogP contribution < -0.4 is 0 Å². The first kappa shape index (κ1) is 18.6. The minimum absolute atomic E-state index is 0.135. The summed E-state index contributed by atoms with van der Waals surface area (Å²) in [4.78, 5) is 27.5. The summed E-state index contributed by atoms with van der Waals surface area (Å²) in [6.45, 7) is -0.135. The molecule has 4 rings (SSSR count). The second-order valence-corrected chi connectivity index (χ2v) is 7.54. The van der Waals surface area contributed by atoms with Gasteiger partial charge in [-0.3, -0.25) is 9.59 Å². The Labute approximate surface area is 171 Å². The molecule has 1 N–H and O–H groups in total. The predicted octanol–water partition coefficient (Wildman–Crippen LogP) is 3.74. The fourth-order valence-electron chi connectivity index (χ4n) is 3.83. The summed E-state index contributed by atoms with van der Waals surface area (Å²) in [5, 5.41) is 11.0. The number of rotatable bonds is 4. The minimum Gasteiger partial charge on any atom is -0.386 e. The zero-order valence-electron chi connectivity index (χ0n) is 15.0. The molecule has 140 valence electrons. The summed E-state index contributed by atoms with van der Waals surface area (Å²) < 4.78 is 0.360. The lowest BCUT2D eigenvalue weighted by Gasteiger charge is -2.42. The molecule has 1 spiro atoms. The van der Waals surface area contributed by atoms with Crippen molar-refractivity contribution >= 4 is 33.2 Å². The summed E-state index contributed by atoms with van der Waals surface area (Å²) >= 11 is 3.44. The summed E-state index contributed by atoms with van der Waals surface area (Å²) in [7, 11) is 0. The third-order valence-corrected chi connectivity index (χ3v) is 5.90. The largest absolute Gasteiger partial charge is 0.386 e. The number of amides is 1. The van der Waals surface area contributed by atoms with Crippen LogP contribution in [0, 0.1) is 0 Å². The first-order valence-electron chi connectivity index (χ1n) is 8.95. The van der Waals surface area contributed by atoms with Gasteiger partial charge < -0.3 is 10.0 Å². The van der Waals surface area contributed by atoms with Crippen molar-refractivity contribution in [2.45, 2.75) is 11.6 Å². The number of aliphatic hydroxyl groups excluding tert-OH is 1. The highest BCUT2D eigenvalue weighted by molar-refractivity contribution is 9.12. The van der Waals surface area contributed by atoms with E-state index in [-0.39, 0.29) is 18.2 Å². The molecule has 1 aliphatic heterocycles. The van der Waals surface area contributed by atoms with Gasteiger partial charge in [-0.25, -0.2) is 0 Å². The van der Waals surface area contributed by atoms with Crippen LogP contribution in [0.15, 0.2) is 89.5 Å². The van der Waals surface area contributed by atoms with E-state index in [0.717, 1.165) is 5.56 Å². The normalized spacial score (nSPS) is 23.7. The molecule has 28 heavy (non-hydrogen) atoms. The van der Waals surface area contributed by atoms with Crippen LogP contribution in [-0.2, 0) is 4.79 Å². The predicted molar refractivity (Wildman–Crippen MR) is 112 cm³/mol. The van der Waals surface area contributed by atoms with Gasteiger partial charge in [-0.15, -0.1) is 0 Å². The fourth-order valence-corrected chi connectivity index (χ4v) is 4.59. The molecule has 1 amide bonds. The van der Waals surface area contributed by atoms with Crippen LogP contribution in [0.1, 0.15) is 15.9 Å². The molecule has 2 aliphatic rings. The van der Waals surface area contributed by atoms with Crippen molar-refractivity contribution in [2.75, 3.05) is 6.54 Å². The van der Waals surface area contributed by atoms with Gasteiger partial charge in [0.2, 0.25) is 0 Å². The number of hydrogen-bond donors (Lipinski definition) is 1. The van der Waals surface area contributed by atoms with Crippen LogP contribution in [0.25, 0.3) is 5.57 Å². The van der Waals surface area contributed by atoms with Crippen molar-refractivity contribution in [2.24, 2.45) is 0 Å². The van der Waals surface area contributed by atoms with Crippen LogP contribution >= 0.6 is 15.9 Å². The highest BCUT2D eigenvalue weighted by atomic mass is 79.9. The fraction of sp³-hybridized carbons (Fsp3) is 0.130. The van der Waals surface area contributed by atoms with Crippen LogP contribution in [0.5, 0.6) is 0 Å². The molecule has 0 fully saturated rings. The number of Topliss-reactive ketones (excluding diaryl/α,β-unsaturated/α-hetero) is 1. The average Bonchev–Trinajstić information content (AvgIpc) is 2.93. The Kier molecular flexibility index (Phi) is 4.87. The van der Waals surface area contributed by atoms with E-state index in [1.54, 1.807) is 48.6 Å². The zero-order chi connectivity index (χ0) is 19.7. The van der Waals surface area contributed by atoms with Gasteiger partial charge in [0.15, 0.2) is 5.78 Å². The lowest BCUT2D eigenvalue weighted by Crippen LogP contribution is -2.56. The van der Waals surface area contributed by atoms with Gasteiger partial charge in [0.1, 0.15) is 11.6 Å². The van der Waals surface area contributed by atoms with E-state index in [9.17, 15) is 14.7 Å². The van der Waals surface area contributed by atoms with Crippen LogP contribution in [0.2, 0.25) is 0 Å². The Hall–Kier alpha value is -2.76. The molecule has 0 bridgehead atoms. The number of carbonyl (C=O) groups is 2. The number of nitrogens with zero attached hydrogens (tertiary/aromatic N) is 1. The van der Waals surface area contributed by atoms with E-state index in [4.69, 9.17) is 0 Å². The monoisotopic (exact) mass is 435 g/mol. The van der Waals surface area contributed by atoms with Gasteiger partial charge in [0, 0.05) is 11.1 Å². The maximum absolute atomic E-state index is 13.2. The number of halogens is 1. The number of ketones is 1. The van der Waals surface area contributed by atoms with E-state index in [1.807, 2.05) is 36.4 Å². The number of benzene rings is 2. The molecule has 5 heteroatoms. The van der Waals surface area contributed by atoms with Crippen LogP contribution in [-0.4, -0.2) is 39.9 Å². The summed E-state index contributed by atoms with van der Waals surface area (Å²) in [5.74, 6) is -0.500. The molecule has 1 heterocycles. The first-order valence-corrected chi connectivity index (χ1v) is 9.75. The van der Waals surface area contributed by atoms with Crippen molar-refractivity contribution in [3.05, 3.63) is 101 Å². The lowest BCUT2D eigenvalue weighted by molar-refractivity contribution is -0.129. The van der Waals surface area contributed by atoms with Crippen molar-refractivity contribution in [3.63, 3.8) is 0 Å². The molecular weight excluding hydrogens is 418 g/mol. The molecule has 0 unspecified atom stereocenters. The summed E-state index contributed by atoms with van der Waals surface area (Å²) in [6, 6.07) is 18.3. The van der Waals surface area contributed by atoms with E-state index in [0.29, 0.717) is 15.6 Å². The Balaban J connectivity index is 1.81. The van der Waals surface area contributed by atoms with Gasteiger partial charge in [-0.05, 0) is 21.5 Å². The molecular formula is C23H18BrNO3. The third kappa shape index (κ3) is 2.87.